The normalized spacial score (nSPS) is 11.3. The van der Waals surface area contributed by atoms with Crippen molar-refractivity contribution in [2.75, 3.05) is 7.11 Å². The van der Waals surface area contributed by atoms with Crippen LogP contribution in [0.1, 0.15) is 54.1 Å². The highest BCUT2D eigenvalue weighted by Crippen LogP contribution is 2.33. The zero-order chi connectivity index (χ0) is 19.0. The SMILES string of the molecule is CCc1c(C(=O)O)nc2c(-c3cccc(OC)c3)c(C)nn2c1C(C)C. The van der Waals surface area contributed by atoms with Crippen molar-refractivity contribution >= 4 is 11.6 Å². The van der Waals surface area contributed by atoms with Crippen LogP contribution in [0.5, 0.6) is 5.75 Å². The van der Waals surface area contributed by atoms with Gasteiger partial charge in [0.1, 0.15) is 5.75 Å². The van der Waals surface area contributed by atoms with E-state index < -0.39 is 5.97 Å². The minimum absolute atomic E-state index is 0.104. The number of carboxylic acids is 1. The lowest BCUT2D eigenvalue weighted by Crippen LogP contribution is -2.15. The van der Waals surface area contributed by atoms with Crippen molar-refractivity contribution in [3.05, 3.63) is 46.9 Å². The largest absolute Gasteiger partial charge is 0.497 e. The van der Waals surface area contributed by atoms with Crippen LogP contribution in [0.4, 0.5) is 0 Å². The molecule has 3 aromatic rings. The molecule has 136 valence electrons. The van der Waals surface area contributed by atoms with E-state index >= 15 is 0 Å². The summed E-state index contributed by atoms with van der Waals surface area (Å²) in [5.74, 6) is -0.165. The van der Waals surface area contributed by atoms with Crippen LogP contribution < -0.4 is 4.74 Å². The summed E-state index contributed by atoms with van der Waals surface area (Å²) >= 11 is 0. The number of methoxy groups -OCH3 is 1. The minimum atomic E-state index is -1.01. The molecule has 26 heavy (non-hydrogen) atoms. The van der Waals surface area contributed by atoms with Crippen LogP contribution >= 0.6 is 0 Å². The number of ether oxygens (including phenoxy) is 1. The van der Waals surface area contributed by atoms with Gasteiger partial charge in [0.2, 0.25) is 0 Å². The molecular weight excluding hydrogens is 330 g/mol. The van der Waals surface area contributed by atoms with Gasteiger partial charge in [-0.25, -0.2) is 14.3 Å². The Hall–Kier alpha value is -2.89. The van der Waals surface area contributed by atoms with Gasteiger partial charge < -0.3 is 9.84 Å². The maximum atomic E-state index is 11.8. The van der Waals surface area contributed by atoms with E-state index in [1.807, 2.05) is 52.0 Å². The third-order valence-electron chi connectivity index (χ3n) is 4.54. The average molecular weight is 353 g/mol. The standard InChI is InChI=1S/C20H23N3O3/c1-6-15-17(20(24)25)21-19-16(13-8-7-9-14(10-13)26-5)12(4)22-23(19)18(15)11(2)3/h7-11H,6H2,1-5H3,(H,24,25). The molecule has 0 unspecified atom stereocenters. The molecule has 2 aromatic heterocycles. The van der Waals surface area contributed by atoms with Gasteiger partial charge in [0, 0.05) is 11.1 Å². The van der Waals surface area contributed by atoms with Gasteiger partial charge in [-0.3, -0.25) is 0 Å². The van der Waals surface area contributed by atoms with E-state index in [2.05, 4.69) is 4.98 Å². The fraction of sp³-hybridized carbons (Fsp3) is 0.350. The number of carboxylic acid groups (broad SMARTS) is 1. The first-order valence-electron chi connectivity index (χ1n) is 8.68. The summed E-state index contributed by atoms with van der Waals surface area (Å²) in [6, 6.07) is 7.64. The summed E-state index contributed by atoms with van der Waals surface area (Å²) < 4.78 is 7.13. The van der Waals surface area contributed by atoms with Crippen LogP contribution in [0.25, 0.3) is 16.8 Å². The Morgan fingerprint density at radius 3 is 2.65 bits per heavy atom. The van der Waals surface area contributed by atoms with Crippen LogP contribution in [0.2, 0.25) is 0 Å². The van der Waals surface area contributed by atoms with E-state index in [4.69, 9.17) is 9.84 Å². The number of benzene rings is 1. The van der Waals surface area contributed by atoms with Crippen LogP contribution in [-0.2, 0) is 6.42 Å². The van der Waals surface area contributed by atoms with Gasteiger partial charge in [0.25, 0.3) is 0 Å². The summed E-state index contributed by atoms with van der Waals surface area (Å²) in [5.41, 5.74) is 4.83. The molecule has 0 radical (unpaired) electrons. The summed E-state index contributed by atoms with van der Waals surface area (Å²) in [4.78, 5) is 16.3. The van der Waals surface area contributed by atoms with Gasteiger partial charge in [-0.1, -0.05) is 32.9 Å². The second kappa shape index (κ2) is 6.78. The third-order valence-corrected chi connectivity index (χ3v) is 4.54. The van der Waals surface area contributed by atoms with Crippen molar-refractivity contribution in [2.45, 2.75) is 40.0 Å². The fourth-order valence-corrected chi connectivity index (χ4v) is 3.44. The second-order valence-electron chi connectivity index (χ2n) is 6.57. The lowest BCUT2D eigenvalue weighted by atomic mass is 9.99. The second-order valence-corrected chi connectivity index (χ2v) is 6.57. The summed E-state index contributed by atoms with van der Waals surface area (Å²) in [6.07, 6.45) is 0.589. The van der Waals surface area contributed by atoms with Gasteiger partial charge in [-0.15, -0.1) is 0 Å². The van der Waals surface area contributed by atoms with Gasteiger partial charge in [-0.05, 0) is 37.0 Å². The lowest BCUT2D eigenvalue weighted by Gasteiger charge is -2.16. The molecular formula is C20H23N3O3. The fourth-order valence-electron chi connectivity index (χ4n) is 3.44. The molecule has 0 saturated heterocycles. The Labute approximate surface area is 152 Å². The predicted octanol–water partition coefficient (Wildman–Crippen LogP) is 4.10. The maximum absolute atomic E-state index is 11.8. The number of aromatic nitrogens is 3. The number of rotatable bonds is 5. The van der Waals surface area contributed by atoms with E-state index in [9.17, 15) is 9.90 Å². The average Bonchev–Trinajstić information content (AvgIpc) is 2.94. The number of aromatic carboxylic acids is 1. The van der Waals surface area contributed by atoms with Crippen molar-refractivity contribution in [3.8, 4) is 16.9 Å². The number of hydrogen-bond donors (Lipinski definition) is 1. The quantitative estimate of drug-likeness (QED) is 0.747. The molecule has 0 aliphatic rings. The zero-order valence-electron chi connectivity index (χ0n) is 15.7. The van der Waals surface area contributed by atoms with Gasteiger partial charge in [0.15, 0.2) is 11.3 Å². The molecule has 1 N–H and O–H groups in total. The van der Waals surface area contributed by atoms with Crippen molar-refractivity contribution in [1.82, 2.24) is 14.6 Å². The van der Waals surface area contributed by atoms with Crippen molar-refractivity contribution in [3.63, 3.8) is 0 Å². The Balaban J connectivity index is 2.43. The molecule has 0 fully saturated rings. The van der Waals surface area contributed by atoms with E-state index in [0.717, 1.165) is 33.8 Å². The number of hydrogen-bond acceptors (Lipinski definition) is 4. The van der Waals surface area contributed by atoms with Crippen molar-refractivity contribution < 1.29 is 14.6 Å². The Morgan fingerprint density at radius 2 is 2.08 bits per heavy atom. The topological polar surface area (TPSA) is 76.7 Å². The van der Waals surface area contributed by atoms with Gasteiger partial charge >= 0.3 is 5.97 Å². The zero-order valence-corrected chi connectivity index (χ0v) is 15.7. The summed E-state index contributed by atoms with van der Waals surface area (Å²) in [7, 11) is 1.62. The van der Waals surface area contributed by atoms with Crippen LogP contribution in [0.3, 0.4) is 0 Å². The van der Waals surface area contributed by atoms with E-state index in [-0.39, 0.29) is 11.6 Å². The highest BCUT2D eigenvalue weighted by molar-refractivity contribution is 5.90. The van der Waals surface area contributed by atoms with E-state index in [1.165, 1.54) is 0 Å². The lowest BCUT2D eigenvalue weighted by molar-refractivity contribution is 0.0689. The Kier molecular flexibility index (Phi) is 4.68. The summed E-state index contributed by atoms with van der Waals surface area (Å²) in [6.45, 7) is 7.95. The van der Waals surface area contributed by atoms with Gasteiger partial charge in [-0.2, -0.15) is 5.10 Å². The number of carbonyl (C=O) groups is 1. The third kappa shape index (κ3) is 2.81. The highest BCUT2D eigenvalue weighted by atomic mass is 16.5. The number of nitrogens with zero attached hydrogens (tertiary/aromatic N) is 3. The molecule has 0 spiro atoms. The monoisotopic (exact) mass is 353 g/mol. The first-order valence-corrected chi connectivity index (χ1v) is 8.68. The van der Waals surface area contributed by atoms with Crippen molar-refractivity contribution in [1.29, 1.82) is 0 Å². The minimum Gasteiger partial charge on any atom is -0.497 e. The molecule has 0 bridgehead atoms. The summed E-state index contributed by atoms with van der Waals surface area (Å²) in [5, 5.41) is 14.4. The van der Waals surface area contributed by atoms with Gasteiger partial charge in [0.05, 0.1) is 18.5 Å². The van der Waals surface area contributed by atoms with Crippen LogP contribution in [0, 0.1) is 6.92 Å². The van der Waals surface area contributed by atoms with E-state index in [1.54, 1.807) is 11.6 Å². The highest BCUT2D eigenvalue weighted by Gasteiger charge is 2.24. The molecule has 3 rings (SSSR count). The molecule has 0 atom stereocenters. The van der Waals surface area contributed by atoms with Crippen LogP contribution in [0.15, 0.2) is 24.3 Å². The smallest absolute Gasteiger partial charge is 0.354 e. The molecule has 0 aliphatic carbocycles. The molecule has 0 saturated carbocycles. The first-order chi connectivity index (χ1) is 12.4. The molecule has 6 heteroatoms. The molecule has 6 nitrogen and oxygen atoms in total. The molecule has 2 heterocycles. The Morgan fingerprint density at radius 1 is 1.35 bits per heavy atom. The molecule has 0 amide bonds. The maximum Gasteiger partial charge on any atom is 0.354 e. The number of aryl methyl sites for hydroxylation is 1. The molecule has 1 aromatic carbocycles. The van der Waals surface area contributed by atoms with Crippen LogP contribution in [-0.4, -0.2) is 32.8 Å². The van der Waals surface area contributed by atoms with E-state index in [0.29, 0.717) is 12.1 Å². The number of fused-ring (bicyclic) bond motifs is 1. The first kappa shape index (κ1) is 17.9. The molecule has 0 aliphatic heterocycles. The van der Waals surface area contributed by atoms with Crippen molar-refractivity contribution in [2.24, 2.45) is 0 Å². The Bertz CT molecular complexity index is 990. The predicted molar refractivity (Wildman–Crippen MR) is 100 cm³/mol.